The lowest BCUT2D eigenvalue weighted by Crippen LogP contribution is -2.35. The highest BCUT2D eigenvalue weighted by atomic mass is 16.5. The number of methoxy groups -OCH3 is 1. The van der Waals surface area contributed by atoms with Crippen molar-refractivity contribution < 1.29 is 23.9 Å². The number of nitrogens with one attached hydrogen (secondary N) is 2. The number of hydrogen-bond acceptors (Lipinski definition) is 5. The molecular formula is C29H37N3O5. The van der Waals surface area contributed by atoms with Crippen LogP contribution in [0.5, 0.6) is 5.75 Å². The number of benzene rings is 2. The lowest BCUT2D eigenvalue weighted by Gasteiger charge is -2.30. The first-order valence-electron chi connectivity index (χ1n) is 12.5. The lowest BCUT2D eigenvalue weighted by atomic mass is 9.76. The van der Waals surface area contributed by atoms with Gasteiger partial charge in [0.25, 0.3) is 17.7 Å². The first kappa shape index (κ1) is 27.8. The second-order valence-corrected chi connectivity index (χ2v) is 10.4. The van der Waals surface area contributed by atoms with Crippen LogP contribution in [0.25, 0.3) is 0 Å². The molecule has 198 valence electrons. The van der Waals surface area contributed by atoms with Gasteiger partial charge in [0.15, 0.2) is 6.61 Å². The van der Waals surface area contributed by atoms with Crippen LogP contribution < -0.4 is 20.5 Å². The Morgan fingerprint density at radius 2 is 1.65 bits per heavy atom. The van der Waals surface area contributed by atoms with E-state index in [2.05, 4.69) is 64.4 Å². The van der Waals surface area contributed by atoms with E-state index in [1.807, 2.05) is 6.07 Å². The highest BCUT2D eigenvalue weighted by molar-refractivity contribution is 6.29. The lowest BCUT2D eigenvalue weighted by molar-refractivity contribution is -0.118. The second-order valence-electron chi connectivity index (χ2n) is 10.4. The fourth-order valence-electron chi connectivity index (χ4n) is 3.87. The van der Waals surface area contributed by atoms with Crippen molar-refractivity contribution in [3.8, 4) is 5.75 Å². The summed E-state index contributed by atoms with van der Waals surface area (Å²) in [4.78, 5) is 37.0. The molecule has 0 atom stereocenters. The summed E-state index contributed by atoms with van der Waals surface area (Å²) in [7, 11) is 1.37. The van der Waals surface area contributed by atoms with E-state index >= 15 is 0 Å². The van der Waals surface area contributed by atoms with Crippen molar-refractivity contribution in [3.05, 3.63) is 65.4 Å². The van der Waals surface area contributed by atoms with Crippen LogP contribution in [0.3, 0.4) is 0 Å². The Morgan fingerprint density at radius 1 is 1.00 bits per heavy atom. The zero-order valence-corrected chi connectivity index (χ0v) is 22.7. The molecule has 3 amide bonds. The number of hydrazine groups is 1. The van der Waals surface area contributed by atoms with Crippen molar-refractivity contribution in [2.24, 2.45) is 0 Å². The average Bonchev–Trinajstić information content (AvgIpc) is 3.16. The molecule has 0 aromatic heterocycles. The van der Waals surface area contributed by atoms with E-state index in [0.717, 1.165) is 29.7 Å². The maximum Gasteiger partial charge on any atom is 0.285 e. The zero-order chi connectivity index (χ0) is 27.4. The van der Waals surface area contributed by atoms with Gasteiger partial charge in [0.05, 0.1) is 12.8 Å². The van der Waals surface area contributed by atoms with Crippen LogP contribution in [0.2, 0.25) is 0 Å². The first-order valence-corrected chi connectivity index (χ1v) is 12.5. The Balaban J connectivity index is 1.68. The number of carbonyl (C=O) groups excluding carboxylic acids is 3. The summed E-state index contributed by atoms with van der Waals surface area (Å²) in [5, 5.41) is 3.94. The predicted octanol–water partition coefficient (Wildman–Crippen LogP) is 4.99. The smallest absolute Gasteiger partial charge is 0.285 e. The van der Waals surface area contributed by atoms with Crippen LogP contribution in [0.15, 0.2) is 54.3 Å². The van der Waals surface area contributed by atoms with Crippen LogP contribution >= 0.6 is 0 Å². The van der Waals surface area contributed by atoms with Gasteiger partial charge in [-0.3, -0.25) is 19.8 Å². The van der Waals surface area contributed by atoms with E-state index in [1.165, 1.54) is 12.7 Å². The average molecular weight is 508 g/mol. The minimum atomic E-state index is -0.543. The third kappa shape index (κ3) is 6.13. The monoisotopic (exact) mass is 507 g/mol. The van der Waals surface area contributed by atoms with Crippen molar-refractivity contribution in [2.75, 3.05) is 24.0 Å². The minimum Gasteiger partial charge on any atom is -0.503 e. The van der Waals surface area contributed by atoms with Gasteiger partial charge in [0, 0.05) is 11.3 Å². The molecule has 1 heterocycles. The van der Waals surface area contributed by atoms with Gasteiger partial charge >= 0.3 is 0 Å². The Labute approximate surface area is 219 Å². The van der Waals surface area contributed by atoms with Gasteiger partial charge in [-0.2, -0.15) is 0 Å². The van der Waals surface area contributed by atoms with Crippen LogP contribution in [0.1, 0.15) is 65.5 Å². The van der Waals surface area contributed by atoms with Crippen molar-refractivity contribution in [2.45, 2.75) is 65.2 Å². The van der Waals surface area contributed by atoms with Gasteiger partial charge in [-0.05, 0) is 59.6 Å². The molecule has 0 aliphatic carbocycles. The third-order valence-corrected chi connectivity index (χ3v) is 7.15. The number of nitrogens with zero attached hydrogens (tertiary/aromatic N) is 1. The quantitative estimate of drug-likeness (QED) is 0.268. The van der Waals surface area contributed by atoms with Crippen molar-refractivity contribution in [3.63, 3.8) is 0 Å². The summed E-state index contributed by atoms with van der Waals surface area (Å²) < 4.78 is 10.8. The molecule has 0 bridgehead atoms. The Bertz CT molecular complexity index is 1200. The van der Waals surface area contributed by atoms with Gasteiger partial charge in [-0.25, -0.2) is 5.01 Å². The van der Waals surface area contributed by atoms with Gasteiger partial charge < -0.3 is 14.8 Å². The summed E-state index contributed by atoms with van der Waals surface area (Å²) >= 11 is 0. The molecule has 8 nitrogen and oxygen atoms in total. The zero-order valence-electron chi connectivity index (χ0n) is 22.7. The standard InChI is InChI=1S/C29H37N3O5/c1-8-28(3,4)19-10-15-24(23(16-19)29(5,6)9-2)37-18-25(33)30-20-11-13-21(14-12-20)32-27(35)22(17-36-7)26(34)31-32/h10-17H,8-9,18H2,1-7H3,(H,30,33)(H,31,34). The molecule has 2 aromatic carbocycles. The predicted molar refractivity (Wildman–Crippen MR) is 144 cm³/mol. The molecule has 1 aliphatic rings. The van der Waals surface area contributed by atoms with E-state index < -0.39 is 11.8 Å². The Kier molecular flexibility index (Phi) is 8.31. The maximum absolute atomic E-state index is 12.7. The molecule has 37 heavy (non-hydrogen) atoms. The molecule has 3 rings (SSSR count). The van der Waals surface area contributed by atoms with Crippen LogP contribution in [-0.2, 0) is 30.0 Å². The van der Waals surface area contributed by atoms with Gasteiger partial charge in [-0.15, -0.1) is 0 Å². The molecule has 0 spiro atoms. The molecule has 8 heteroatoms. The first-order chi connectivity index (χ1) is 17.4. The van der Waals surface area contributed by atoms with Gasteiger partial charge in [0.2, 0.25) is 0 Å². The van der Waals surface area contributed by atoms with Gasteiger partial charge in [0.1, 0.15) is 17.6 Å². The maximum atomic E-state index is 12.7. The molecular weight excluding hydrogens is 470 g/mol. The van der Waals surface area contributed by atoms with E-state index in [9.17, 15) is 14.4 Å². The molecule has 0 saturated carbocycles. The topological polar surface area (TPSA) is 97.0 Å². The highest BCUT2D eigenvalue weighted by Gasteiger charge is 2.35. The summed E-state index contributed by atoms with van der Waals surface area (Å²) in [5.74, 6) is -0.660. The summed E-state index contributed by atoms with van der Waals surface area (Å²) in [6.07, 6.45) is 3.06. The number of rotatable bonds is 10. The Hall–Kier alpha value is -3.81. The SMILES string of the molecule is CCC(C)(C)c1ccc(OCC(=O)Nc2ccc(N3NC(=O)C(=COC)C3=O)cc2)c(C(C)(C)CC)c1. The molecule has 2 aromatic rings. The van der Waals surface area contributed by atoms with Crippen LogP contribution in [-0.4, -0.2) is 31.4 Å². The van der Waals surface area contributed by atoms with Crippen molar-refractivity contribution >= 4 is 29.1 Å². The van der Waals surface area contributed by atoms with Gasteiger partial charge in [-0.1, -0.05) is 53.7 Å². The minimum absolute atomic E-state index is 0.0464. The summed E-state index contributed by atoms with van der Waals surface area (Å²) in [6.45, 7) is 13.0. The summed E-state index contributed by atoms with van der Waals surface area (Å²) in [6, 6.07) is 12.8. The van der Waals surface area contributed by atoms with E-state index in [4.69, 9.17) is 9.47 Å². The number of carbonyl (C=O) groups is 3. The number of amides is 3. The Morgan fingerprint density at radius 3 is 2.24 bits per heavy atom. The van der Waals surface area contributed by atoms with Crippen molar-refractivity contribution in [1.82, 2.24) is 5.43 Å². The normalized spacial score (nSPS) is 15.1. The fraction of sp³-hybridized carbons (Fsp3) is 0.414. The highest BCUT2D eigenvalue weighted by Crippen LogP contribution is 2.38. The van der Waals surface area contributed by atoms with E-state index in [-0.39, 0.29) is 28.9 Å². The number of hydrogen-bond donors (Lipinski definition) is 2. The van der Waals surface area contributed by atoms with Crippen LogP contribution in [0.4, 0.5) is 11.4 Å². The van der Waals surface area contributed by atoms with E-state index in [0.29, 0.717) is 17.1 Å². The molecule has 1 saturated heterocycles. The molecule has 0 radical (unpaired) electrons. The third-order valence-electron chi connectivity index (χ3n) is 7.15. The molecule has 0 unspecified atom stereocenters. The molecule has 1 aliphatic heterocycles. The second kappa shape index (κ2) is 11.1. The fourth-order valence-corrected chi connectivity index (χ4v) is 3.87. The number of ether oxygens (including phenoxy) is 2. The molecule has 1 fully saturated rings. The van der Waals surface area contributed by atoms with E-state index in [1.54, 1.807) is 24.3 Å². The molecule has 2 N–H and O–H groups in total. The largest absolute Gasteiger partial charge is 0.503 e. The van der Waals surface area contributed by atoms with Crippen LogP contribution in [0, 0.1) is 0 Å². The number of anilines is 2. The van der Waals surface area contributed by atoms with Crippen molar-refractivity contribution in [1.29, 1.82) is 0 Å². The summed E-state index contributed by atoms with van der Waals surface area (Å²) in [5.41, 5.74) is 5.66.